The molecular formula is C33H40FNO4. The Labute approximate surface area is 231 Å². The lowest BCUT2D eigenvalue weighted by atomic mass is 9.84. The fourth-order valence-electron chi connectivity index (χ4n) is 5.71. The van der Waals surface area contributed by atoms with E-state index in [0.717, 1.165) is 28.5 Å². The summed E-state index contributed by atoms with van der Waals surface area (Å²) in [6.07, 6.45) is 1.96. The number of benzene rings is 3. The Morgan fingerprint density at radius 3 is 2.44 bits per heavy atom. The van der Waals surface area contributed by atoms with Crippen LogP contribution in [-0.2, 0) is 31.0 Å². The van der Waals surface area contributed by atoms with E-state index in [0.29, 0.717) is 18.2 Å². The third kappa shape index (κ3) is 6.85. The zero-order valence-electron chi connectivity index (χ0n) is 23.8. The standard InChI is InChI=1S/C33H40FNO4/c1-21(2)38-30(36)19-23-10-9-11-25(18-23)33(17-16-24(20-33)31(37)39-32(4,5)6)35-22(3)26-14-15-29(34)28-13-8-7-12-27(26)28/h7-15,18,21-22,24,35H,16-17,19-20H2,1-6H3/t22-,24+,33-/m1/s1. The highest BCUT2D eigenvalue weighted by Crippen LogP contribution is 2.45. The van der Waals surface area contributed by atoms with Crippen LogP contribution >= 0.6 is 0 Å². The molecule has 1 aliphatic rings. The molecule has 6 heteroatoms. The number of halogens is 1. The topological polar surface area (TPSA) is 64.6 Å². The second-order valence-electron chi connectivity index (χ2n) is 12.0. The molecule has 3 aromatic carbocycles. The van der Waals surface area contributed by atoms with Gasteiger partial charge in [0.05, 0.1) is 18.4 Å². The van der Waals surface area contributed by atoms with Crippen LogP contribution in [0.1, 0.15) is 83.5 Å². The zero-order chi connectivity index (χ0) is 28.4. The summed E-state index contributed by atoms with van der Waals surface area (Å²) >= 11 is 0. The highest BCUT2D eigenvalue weighted by atomic mass is 19.1. The predicted octanol–water partition coefficient (Wildman–Crippen LogP) is 7.16. The molecule has 0 amide bonds. The molecule has 0 unspecified atom stereocenters. The minimum atomic E-state index is -0.563. The molecule has 3 atom stereocenters. The monoisotopic (exact) mass is 533 g/mol. The van der Waals surface area contributed by atoms with Crippen LogP contribution in [0.2, 0.25) is 0 Å². The van der Waals surface area contributed by atoms with Gasteiger partial charge < -0.3 is 14.8 Å². The van der Waals surface area contributed by atoms with Crippen LogP contribution in [0, 0.1) is 11.7 Å². The lowest BCUT2D eigenvalue weighted by molar-refractivity contribution is -0.160. The van der Waals surface area contributed by atoms with Gasteiger partial charge in [-0.15, -0.1) is 0 Å². The van der Waals surface area contributed by atoms with E-state index >= 15 is 0 Å². The fourth-order valence-corrected chi connectivity index (χ4v) is 5.71. The zero-order valence-corrected chi connectivity index (χ0v) is 23.8. The number of esters is 2. The molecule has 1 aliphatic carbocycles. The van der Waals surface area contributed by atoms with E-state index in [-0.39, 0.29) is 42.2 Å². The van der Waals surface area contributed by atoms with Crippen LogP contribution in [0.15, 0.2) is 60.7 Å². The molecule has 208 valence electrons. The van der Waals surface area contributed by atoms with Crippen LogP contribution in [0.3, 0.4) is 0 Å². The summed E-state index contributed by atoms with van der Waals surface area (Å²) in [7, 11) is 0. The molecule has 0 bridgehead atoms. The first kappa shape index (κ1) is 28.8. The number of carbonyl (C=O) groups excluding carboxylic acids is 2. The van der Waals surface area contributed by atoms with E-state index in [1.54, 1.807) is 6.07 Å². The molecule has 4 rings (SSSR count). The molecule has 0 heterocycles. The summed E-state index contributed by atoms with van der Waals surface area (Å²) in [5.74, 6) is -0.970. The number of rotatable bonds is 8. The van der Waals surface area contributed by atoms with Crippen molar-refractivity contribution in [3.8, 4) is 0 Å². The van der Waals surface area contributed by atoms with Gasteiger partial charge in [-0.25, -0.2) is 4.39 Å². The number of hydrogen-bond donors (Lipinski definition) is 1. The van der Waals surface area contributed by atoms with Gasteiger partial charge in [0.1, 0.15) is 11.4 Å². The third-order valence-electron chi connectivity index (χ3n) is 7.31. The summed E-state index contributed by atoms with van der Waals surface area (Å²) in [6.45, 7) is 11.4. The highest BCUT2D eigenvalue weighted by Gasteiger charge is 2.45. The average molecular weight is 534 g/mol. The third-order valence-corrected chi connectivity index (χ3v) is 7.31. The van der Waals surface area contributed by atoms with Gasteiger partial charge in [-0.1, -0.05) is 54.6 Å². The summed E-state index contributed by atoms with van der Waals surface area (Å²) in [5, 5.41) is 5.30. The Kier molecular flexibility index (Phi) is 8.45. The quantitative estimate of drug-likeness (QED) is 0.311. The number of hydrogen-bond acceptors (Lipinski definition) is 5. The normalized spacial score (nSPS) is 20.3. The van der Waals surface area contributed by atoms with E-state index in [9.17, 15) is 14.0 Å². The average Bonchev–Trinajstić information content (AvgIpc) is 3.28. The Morgan fingerprint density at radius 1 is 1.03 bits per heavy atom. The molecule has 1 saturated carbocycles. The Bertz CT molecular complexity index is 1350. The lowest BCUT2D eigenvalue weighted by Crippen LogP contribution is -2.42. The smallest absolute Gasteiger partial charge is 0.310 e. The number of carbonyl (C=O) groups is 2. The molecular weight excluding hydrogens is 493 g/mol. The van der Waals surface area contributed by atoms with Gasteiger partial charge in [-0.05, 0) is 88.9 Å². The Balaban J connectivity index is 1.69. The van der Waals surface area contributed by atoms with Crippen molar-refractivity contribution in [2.24, 2.45) is 5.92 Å². The van der Waals surface area contributed by atoms with Crippen molar-refractivity contribution in [3.05, 3.63) is 83.2 Å². The predicted molar refractivity (Wildman–Crippen MR) is 152 cm³/mol. The van der Waals surface area contributed by atoms with Gasteiger partial charge in [0.15, 0.2) is 0 Å². The summed E-state index contributed by atoms with van der Waals surface area (Å²) < 4.78 is 25.7. The van der Waals surface area contributed by atoms with Crippen LogP contribution in [-0.4, -0.2) is 23.6 Å². The van der Waals surface area contributed by atoms with Gasteiger partial charge in [0.25, 0.3) is 0 Å². The van der Waals surface area contributed by atoms with Crippen LogP contribution < -0.4 is 5.32 Å². The first-order chi connectivity index (χ1) is 18.4. The van der Waals surface area contributed by atoms with Crippen molar-refractivity contribution < 1.29 is 23.5 Å². The van der Waals surface area contributed by atoms with Gasteiger partial charge >= 0.3 is 11.9 Å². The van der Waals surface area contributed by atoms with Gasteiger partial charge in [-0.3, -0.25) is 9.59 Å². The number of nitrogens with one attached hydrogen (secondary N) is 1. The van der Waals surface area contributed by atoms with Gasteiger partial charge in [0.2, 0.25) is 0 Å². The van der Waals surface area contributed by atoms with Crippen molar-refractivity contribution in [3.63, 3.8) is 0 Å². The van der Waals surface area contributed by atoms with E-state index in [4.69, 9.17) is 9.47 Å². The van der Waals surface area contributed by atoms with E-state index in [1.807, 2.05) is 77.1 Å². The van der Waals surface area contributed by atoms with Crippen molar-refractivity contribution in [2.75, 3.05) is 0 Å². The van der Waals surface area contributed by atoms with Crippen LogP contribution in [0.5, 0.6) is 0 Å². The molecule has 0 aromatic heterocycles. The molecule has 1 fully saturated rings. The SMILES string of the molecule is CC(C)OC(=O)Cc1cccc([C@@]2(N[C@H](C)c3ccc(F)c4ccccc34)CC[C@H](C(=O)OC(C)(C)C)C2)c1. The molecule has 3 aromatic rings. The first-order valence-electron chi connectivity index (χ1n) is 13.8. The lowest BCUT2D eigenvalue weighted by Gasteiger charge is -2.36. The maximum atomic E-state index is 14.6. The summed E-state index contributed by atoms with van der Waals surface area (Å²) in [4.78, 5) is 25.5. The Morgan fingerprint density at radius 2 is 1.74 bits per heavy atom. The number of ether oxygens (including phenoxy) is 2. The molecule has 0 saturated heterocycles. The molecule has 39 heavy (non-hydrogen) atoms. The molecule has 0 radical (unpaired) electrons. The maximum absolute atomic E-state index is 14.6. The molecule has 1 N–H and O–H groups in total. The van der Waals surface area contributed by atoms with E-state index in [1.165, 1.54) is 6.07 Å². The largest absolute Gasteiger partial charge is 0.463 e. The van der Waals surface area contributed by atoms with Crippen LogP contribution in [0.25, 0.3) is 10.8 Å². The summed E-state index contributed by atoms with van der Waals surface area (Å²) in [5.41, 5.74) is 1.77. The molecule has 5 nitrogen and oxygen atoms in total. The minimum absolute atomic E-state index is 0.137. The number of fused-ring (bicyclic) bond motifs is 1. The Hall–Kier alpha value is -3.25. The van der Waals surface area contributed by atoms with Crippen LogP contribution in [0.4, 0.5) is 4.39 Å². The maximum Gasteiger partial charge on any atom is 0.310 e. The fraction of sp³-hybridized carbons (Fsp3) is 0.455. The van der Waals surface area contributed by atoms with Crippen molar-refractivity contribution in [2.45, 2.75) is 90.5 Å². The van der Waals surface area contributed by atoms with E-state index < -0.39 is 11.1 Å². The highest BCUT2D eigenvalue weighted by molar-refractivity contribution is 5.86. The van der Waals surface area contributed by atoms with Crippen molar-refractivity contribution in [1.82, 2.24) is 5.32 Å². The second kappa shape index (κ2) is 11.5. The van der Waals surface area contributed by atoms with E-state index in [2.05, 4.69) is 18.3 Å². The molecule has 0 spiro atoms. The minimum Gasteiger partial charge on any atom is -0.463 e. The van der Waals surface area contributed by atoms with Gasteiger partial charge in [-0.2, -0.15) is 0 Å². The van der Waals surface area contributed by atoms with Gasteiger partial charge in [0, 0.05) is 17.0 Å². The molecule has 0 aliphatic heterocycles. The second-order valence-corrected chi connectivity index (χ2v) is 12.0. The summed E-state index contributed by atoms with van der Waals surface area (Å²) in [6, 6.07) is 18.7. The first-order valence-corrected chi connectivity index (χ1v) is 13.8. The van der Waals surface area contributed by atoms with Crippen molar-refractivity contribution >= 4 is 22.7 Å². The van der Waals surface area contributed by atoms with Crippen molar-refractivity contribution in [1.29, 1.82) is 0 Å².